The third-order valence-electron chi connectivity index (χ3n) is 3.71. The molecule has 2 N–H and O–H groups in total. The van der Waals surface area contributed by atoms with Crippen LogP contribution in [0.5, 0.6) is 0 Å². The molecule has 0 aliphatic heterocycles. The van der Waals surface area contributed by atoms with Crippen molar-refractivity contribution in [1.82, 2.24) is 5.32 Å². The molecule has 0 saturated carbocycles. The number of nitrogens with one attached hydrogen (secondary N) is 2. The number of anilines is 1. The summed E-state index contributed by atoms with van der Waals surface area (Å²) in [5.41, 5.74) is 3.15. The van der Waals surface area contributed by atoms with Gasteiger partial charge < -0.3 is 10.6 Å². The Bertz CT molecular complexity index is 656. The van der Waals surface area contributed by atoms with Gasteiger partial charge in [0.05, 0.1) is 12.2 Å². The molecular weight excluding hydrogens is 352 g/mol. The van der Waals surface area contributed by atoms with E-state index in [0.717, 1.165) is 15.7 Å². The molecule has 0 heterocycles. The monoisotopic (exact) mass is 374 g/mol. The fourth-order valence-corrected chi connectivity index (χ4v) is 3.11. The van der Waals surface area contributed by atoms with Gasteiger partial charge in [0.15, 0.2) is 0 Å². The Hall–Kier alpha value is -1.65. The highest BCUT2D eigenvalue weighted by atomic mass is 79.9. The predicted octanol–water partition coefficient (Wildman–Crippen LogP) is 4.68. The van der Waals surface area contributed by atoms with Crippen LogP contribution in [0.4, 0.5) is 5.69 Å². The summed E-state index contributed by atoms with van der Waals surface area (Å²) >= 11 is 3.48. The van der Waals surface area contributed by atoms with Crippen LogP contribution >= 0.6 is 15.9 Å². The number of halogens is 1. The van der Waals surface area contributed by atoms with Gasteiger partial charge >= 0.3 is 0 Å². The minimum atomic E-state index is -0.0452. The van der Waals surface area contributed by atoms with Crippen LogP contribution < -0.4 is 10.6 Å². The number of benzene rings is 2. The quantitative estimate of drug-likeness (QED) is 0.770. The van der Waals surface area contributed by atoms with Crippen LogP contribution in [0.3, 0.4) is 0 Å². The van der Waals surface area contributed by atoms with Gasteiger partial charge in [-0.3, -0.25) is 4.79 Å². The molecule has 4 heteroatoms. The molecule has 2 rings (SSSR count). The second kappa shape index (κ2) is 8.27. The number of carbonyl (C=O) groups is 1. The van der Waals surface area contributed by atoms with Crippen LogP contribution in [0.15, 0.2) is 53.0 Å². The van der Waals surface area contributed by atoms with Crippen molar-refractivity contribution in [3.63, 3.8) is 0 Å². The van der Waals surface area contributed by atoms with Crippen LogP contribution in [0.25, 0.3) is 0 Å². The Morgan fingerprint density at radius 2 is 1.83 bits per heavy atom. The van der Waals surface area contributed by atoms with Gasteiger partial charge in [-0.15, -0.1) is 0 Å². The van der Waals surface area contributed by atoms with Crippen molar-refractivity contribution >= 4 is 27.5 Å². The fraction of sp³-hybridized carbons (Fsp3) is 0.316. The standard InChI is InChI=1S/C19H23BrN2O/c1-13(2)19(15-7-5-4-6-8-15)21-12-18(23)22-17-10-9-14(3)11-16(17)20/h4-11,13,19,21H,12H2,1-3H3,(H,22,23)/t19-/m0/s1. The SMILES string of the molecule is Cc1ccc(NC(=O)CN[C@H](c2ccccc2)C(C)C)c(Br)c1. The Labute approximate surface area is 146 Å². The predicted molar refractivity (Wildman–Crippen MR) is 99.5 cm³/mol. The summed E-state index contributed by atoms with van der Waals surface area (Å²) in [6.45, 7) is 6.60. The lowest BCUT2D eigenvalue weighted by molar-refractivity contribution is -0.115. The smallest absolute Gasteiger partial charge is 0.238 e. The van der Waals surface area contributed by atoms with Crippen molar-refractivity contribution in [3.05, 3.63) is 64.1 Å². The molecule has 0 aromatic heterocycles. The van der Waals surface area contributed by atoms with Gasteiger partial charge in [-0.1, -0.05) is 50.2 Å². The third-order valence-corrected chi connectivity index (χ3v) is 4.36. The van der Waals surface area contributed by atoms with E-state index < -0.39 is 0 Å². The molecular formula is C19H23BrN2O. The van der Waals surface area contributed by atoms with Gasteiger partial charge in [0.2, 0.25) is 5.91 Å². The normalized spacial score (nSPS) is 12.2. The Balaban J connectivity index is 1.97. The number of hydrogen-bond donors (Lipinski definition) is 2. The van der Waals surface area contributed by atoms with Crippen molar-refractivity contribution in [1.29, 1.82) is 0 Å². The molecule has 0 unspecified atom stereocenters. The van der Waals surface area contributed by atoms with E-state index in [4.69, 9.17) is 0 Å². The number of rotatable bonds is 6. The molecule has 0 fully saturated rings. The van der Waals surface area contributed by atoms with Crippen molar-refractivity contribution < 1.29 is 4.79 Å². The first-order valence-electron chi connectivity index (χ1n) is 7.81. The average molecular weight is 375 g/mol. The number of hydrogen-bond acceptors (Lipinski definition) is 2. The van der Waals surface area contributed by atoms with Gasteiger partial charge in [0.25, 0.3) is 0 Å². The van der Waals surface area contributed by atoms with Crippen molar-refractivity contribution in [3.8, 4) is 0 Å². The van der Waals surface area contributed by atoms with Crippen LogP contribution in [0.2, 0.25) is 0 Å². The van der Waals surface area contributed by atoms with E-state index in [1.54, 1.807) is 0 Å². The van der Waals surface area contributed by atoms with E-state index in [1.807, 2.05) is 43.3 Å². The van der Waals surface area contributed by atoms with Crippen molar-refractivity contribution in [2.24, 2.45) is 5.92 Å². The lowest BCUT2D eigenvalue weighted by Crippen LogP contribution is -2.33. The first-order chi connectivity index (χ1) is 11.0. The molecule has 0 aliphatic rings. The molecule has 2 aromatic carbocycles. The highest BCUT2D eigenvalue weighted by Gasteiger charge is 2.16. The minimum absolute atomic E-state index is 0.0452. The van der Waals surface area contributed by atoms with Gasteiger partial charge in [-0.05, 0) is 52.0 Å². The largest absolute Gasteiger partial charge is 0.324 e. The highest BCUT2D eigenvalue weighted by molar-refractivity contribution is 9.10. The van der Waals surface area contributed by atoms with E-state index in [0.29, 0.717) is 5.92 Å². The lowest BCUT2D eigenvalue weighted by atomic mass is 9.96. The molecule has 3 nitrogen and oxygen atoms in total. The zero-order valence-electron chi connectivity index (χ0n) is 13.8. The van der Waals surface area contributed by atoms with E-state index >= 15 is 0 Å². The van der Waals surface area contributed by atoms with Crippen molar-refractivity contribution in [2.45, 2.75) is 26.8 Å². The molecule has 0 bridgehead atoms. The van der Waals surface area contributed by atoms with Crippen LogP contribution in [0.1, 0.15) is 31.0 Å². The summed E-state index contributed by atoms with van der Waals surface area (Å²) in [5.74, 6) is 0.354. The highest BCUT2D eigenvalue weighted by Crippen LogP contribution is 2.24. The Morgan fingerprint density at radius 1 is 1.13 bits per heavy atom. The number of amides is 1. The summed E-state index contributed by atoms with van der Waals surface area (Å²) in [6.07, 6.45) is 0. The molecule has 0 spiro atoms. The summed E-state index contributed by atoms with van der Waals surface area (Å²) in [7, 11) is 0. The first kappa shape index (κ1) is 17.7. The minimum Gasteiger partial charge on any atom is -0.324 e. The maximum absolute atomic E-state index is 12.2. The second-order valence-corrected chi connectivity index (χ2v) is 6.90. The zero-order chi connectivity index (χ0) is 16.8. The average Bonchev–Trinajstić information content (AvgIpc) is 2.51. The summed E-state index contributed by atoms with van der Waals surface area (Å²) < 4.78 is 0.898. The Kier molecular flexibility index (Phi) is 6.37. The van der Waals surface area contributed by atoms with Gasteiger partial charge in [0.1, 0.15) is 0 Å². The maximum Gasteiger partial charge on any atom is 0.238 e. The topological polar surface area (TPSA) is 41.1 Å². The Morgan fingerprint density at radius 3 is 2.43 bits per heavy atom. The third kappa shape index (κ3) is 5.19. The van der Waals surface area contributed by atoms with Crippen LogP contribution in [-0.4, -0.2) is 12.5 Å². The second-order valence-electron chi connectivity index (χ2n) is 6.04. The molecule has 1 amide bonds. The van der Waals surface area contributed by atoms with Crippen LogP contribution in [-0.2, 0) is 4.79 Å². The zero-order valence-corrected chi connectivity index (χ0v) is 15.4. The van der Waals surface area contributed by atoms with Gasteiger partial charge in [-0.25, -0.2) is 0 Å². The van der Waals surface area contributed by atoms with Gasteiger partial charge in [0, 0.05) is 10.5 Å². The molecule has 0 radical (unpaired) electrons. The number of carbonyl (C=O) groups excluding carboxylic acids is 1. The first-order valence-corrected chi connectivity index (χ1v) is 8.61. The van der Waals surface area contributed by atoms with E-state index in [9.17, 15) is 4.79 Å². The maximum atomic E-state index is 12.2. The molecule has 2 aromatic rings. The summed E-state index contributed by atoms with van der Waals surface area (Å²) in [6, 6.07) is 16.3. The van der Waals surface area contributed by atoms with E-state index in [-0.39, 0.29) is 18.5 Å². The molecule has 0 aliphatic carbocycles. The lowest BCUT2D eigenvalue weighted by Gasteiger charge is -2.22. The summed E-state index contributed by atoms with van der Waals surface area (Å²) in [4.78, 5) is 12.2. The van der Waals surface area contributed by atoms with Gasteiger partial charge in [-0.2, -0.15) is 0 Å². The molecule has 1 atom stereocenters. The molecule has 0 saturated heterocycles. The van der Waals surface area contributed by atoms with E-state index in [1.165, 1.54) is 5.56 Å². The van der Waals surface area contributed by atoms with Crippen molar-refractivity contribution in [2.75, 3.05) is 11.9 Å². The van der Waals surface area contributed by atoms with E-state index in [2.05, 4.69) is 52.5 Å². The molecule has 122 valence electrons. The number of aryl methyl sites for hydroxylation is 1. The fourth-order valence-electron chi connectivity index (χ4n) is 2.52. The van der Waals surface area contributed by atoms with Crippen LogP contribution in [0, 0.1) is 12.8 Å². The molecule has 23 heavy (non-hydrogen) atoms. The summed E-state index contributed by atoms with van der Waals surface area (Å²) in [5, 5.41) is 6.29.